The summed E-state index contributed by atoms with van der Waals surface area (Å²) in [5.74, 6) is 0.400. The van der Waals surface area contributed by atoms with Gasteiger partial charge in [-0.05, 0) is 31.2 Å². The lowest BCUT2D eigenvalue weighted by molar-refractivity contribution is -0.137. The van der Waals surface area contributed by atoms with Crippen molar-refractivity contribution in [3.05, 3.63) is 48.0 Å². The quantitative estimate of drug-likeness (QED) is 0.850. The number of aromatic nitrogens is 2. The highest BCUT2D eigenvalue weighted by Crippen LogP contribution is 2.30. The van der Waals surface area contributed by atoms with Crippen LogP contribution in [0.1, 0.15) is 18.2 Å². The van der Waals surface area contributed by atoms with Crippen LogP contribution in [0.5, 0.6) is 5.75 Å². The number of hydrogen-bond acceptors (Lipinski definition) is 2. The van der Waals surface area contributed by atoms with Crippen molar-refractivity contribution < 1.29 is 17.9 Å². The molecule has 19 heavy (non-hydrogen) atoms. The maximum Gasteiger partial charge on any atom is 0.416 e. The van der Waals surface area contributed by atoms with Crippen LogP contribution in [0.2, 0.25) is 0 Å². The summed E-state index contributed by atoms with van der Waals surface area (Å²) in [6.07, 6.45) is -0.960. The lowest BCUT2D eigenvalue weighted by Crippen LogP contribution is -2.05. The Morgan fingerprint density at radius 2 is 1.89 bits per heavy atom. The van der Waals surface area contributed by atoms with Gasteiger partial charge < -0.3 is 9.30 Å². The molecule has 6 heteroatoms. The van der Waals surface area contributed by atoms with Gasteiger partial charge in [-0.15, -0.1) is 0 Å². The Morgan fingerprint density at radius 3 is 2.47 bits per heavy atom. The molecule has 0 bridgehead atoms. The van der Waals surface area contributed by atoms with E-state index in [-0.39, 0.29) is 6.61 Å². The summed E-state index contributed by atoms with van der Waals surface area (Å²) in [7, 11) is 0. The Bertz CT molecular complexity index is 532. The summed E-state index contributed by atoms with van der Waals surface area (Å²) in [4.78, 5) is 3.99. The van der Waals surface area contributed by atoms with Crippen LogP contribution < -0.4 is 4.74 Å². The van der Waals surface area contributed by atoms with Gasteiger partial charge in [0, 0.05) is 6.54 Å². The predicted molar refractivity (Wildman–Crippen MR) is 63.7 cm³/mol. The van der Waals surface area contributed by atoms with Crippen molar-refractivity contribution in [1.29, 1.82) is 0 Å². The normalized spacial score (nSPS) is 11.6. The molecule has 0 saturated carbocycles. The van der Waals surface area contributed by atoms with Gasteiger partial charge in [-0.3, -0.25) is 0 Å². The zero-order valence-corrected chi connectivity index (χ0v) is 10.3. The van der Waals surface area contributed by atoms with Crippen LogP contribution in [0.4, 0.5) is 13.2 Å². The number of hydrogen-bond donors (Lipinski definition) is 0. The number of benzene rings is 1. The molecule has 102 valence electrons. The van der Waals surface area contributed by atoms with Gasteiger partial charge in [0.2, 0.25) is 0 Å². The SMILES string of the molecule is CCn1cncc1COc1ccc(C(F)(F)F)cc1. The number of rotatable bonds is 4. The summed E-state index contributed by atoms with van der Waals surface area (Å²) >= 11 is 0. The summed E-state index contributed by atoms with van der Waals surface area (Å²) < 4.78 is 44.5. The third kappa shape index (κ3) is 3.27. The fraction of sp³-hybridized carbons (Fsp3) is 0.308. The van der Waals surface area contributed by atoms with E-state index in [1.54, 1.807) is 12.5 Å². The Hall–Kier alpha value is -1.98. The van der Waals surface area contributed by atoms with Crippen LogP contribution in [-0.4, -0.2) is 9.55 Å². The third-order valence-corrected chi connectivity index (χ3v) is 2.71. The molecule has 3 nitrogen and oxygen atoms in total. The first-order valence-corrected chi connectivity index (χ1v) is 5.79. The van der Waals surface area contributed by atoms with E-state index in [1.165, 1.54) is 12.1 Å². The fourth-order valence-corrected chi connectivity index (χ4v) is 1.65. The summed E-state index contributed by atoms with van der Waals surface area (Å²) in [5, 5.41) is 0. The van der Waals surface area contributed by atoms with Gasteiger partial charge in [-0.2, -0.15) is 13.2 Å². The average molecular weight is 270 g/mol. The molecule has 0 aliphatic rings. The minimum atomic E-state index is -4.32. The first-order chi connectivity index (χ1) is 9.00. The minimum absolute atomic E-state index is 0.277. The number of ether oxygens (including phenoxy) is 1. The van der Waals surface area contributed by atoms with Crippen LogP contribution in [0.15, 0.2) is 36.8 Å². The highest BCUT2D eigenvalue weighted by molar-refractivity contribution is 5.28. The van der Waals surface area contributed by atoms with Crippen molar-refractivity contribution >= 4 is 0 Å². The standard InChI is InChI=1S/C13H13F3N2O/c1-2-18-9-17-7-11(18)8-19-12-5-3-10(4-6-12)13(14,15)16/h3-7,9H,2,8H2,1H3. The molecule has 1 heterocycles. The maximum atomic E-state index is 12.4. The highest BCUT2D eigenvalue weighted by atomic mass is 19.4. The lowest BCUT2D eigenvalue weighted by atomic mass is 10.2. The Labute approximate surface area is 108 Å². The van der Waals surface area contributed by atoms with E-state index in [9.17, 15) is 13.2 Å². The topological polar surface area (TPSA) is 27.1 Å². The van der Waals surface area contributed by atoms with Gasteiger partial charge in [-0.1, -0.05) is 0 Å². The zero-order valence-electron chi connectivity index (χ0n) is 10.3. The van der Waals surface area contributed by atoms with E-state index < -0.39 is 11.7 Å². The maximum absolute atomic E-state index is 12.4. The molecule has 0 spiro atoms. The lowest BCUT2D eigenvalue weighted by Gasteiger charge is -2.10. The second-order valence-corrected chi connectivity index (χ2v) is 3.98. The smallest absolute Gasteiger partial charge is 0.416 e. The van der Waals surface area contributed by atoms with Crippen molar-refractivity contribution in [3.8, 4) is 5.75 Å². The molecule has 0 aliphatic heterocycles. The molecule has 0 fully saturated rings. The average Bonchev–Trinajstić information content (AvgIpc) is 2.83. The van der Waals surface area contributed by atoms with Crippen LogP contribution in [0.3, 0.4) is 0 Å². The van der Waals surface area contributed by atoms with Crippen LogP contribution in [-0.2, 0) is 19.3 Å². The number of imidazole rings is 1. The highest BCUT2D eigenvalue weighted by Gasteiger charge is 2.29. The number of alkyl halides is 3. The first-order valence-electron chi connectivity index (χ1n) is 5.79. The minimum Gasteiger partial charge on any atom is -0.487 e. The molecular weight excluding hydrogens is 257 g/mol. The largest absolute Gasteiger partial charge is 0.487 e. The van der Waals surface area contributed by atoms with Gasteiger partial charge >= 0.3 is 6.18 Å². The number of halogens is 3. The molecule has 0 unspecified atom stereocenters. The van der Waals surface area contributed by atoms with E-state index in [4.69, 9.17) is 4.74 Å². The van der Waals surface area contributed by atoms with Gasteiger partial charge in [0.05, 0.1) is 23.8 Å². The second-order valence-electron chi connectivity index (χ2n) is 3.98. The van der Waals surface area contributed by atoms with Crippen LogP contribution in [0, 0.1) is 0 Å². The van der Waals surface area contributed by atoms with Crippen molar-refractivity contribution in [3.63, 3.8) is 0 Å². The summed E-state index contributed by atoms with van der Waals surface area (Å²) in [5.41, 5.74) is 0.195. The van der Waals surface area contributed by atoms with Gasteiger partial charge in [0.25, 0.3) is 0 Å². The Morgan fingerprint density at radius 1 is 1.21 bits per heavy atom. The van der Waals surface area contributed by atoms with Gasteiger partial charge in [-0.25, -0.2) is 4.98 Å². The first kappa shape index (κ1) is 13.5. The zero-order chi connectivity index (χ0) is 13.9. The molecule has 1 aromatic heterocycles. The molecule has 2 rings (SSSR count). The van der Waals surface area contributed by atoms with Crippen molar-refractivity contribution in [2.75, 3.05) is 0 Å². The molecule has 2 aromatic rings. The fourth-order valence-electron chi connectivity index (χ4n) is 1.65. The Balaban J connectivity index is 2.01. The molecule has 0 radical (unpaired) electrons. The van der Waals surface area contributed by atoms with Crippen molar-refractivity contribution in [2.24, 2.45) is 0 Å². The third-order valence-electron chi connectivity index (χ3n) is 2.71. The summed E-state index contributed by atoms with van der Waals surface area (Å²) in [6, 6.07) is 4.64. The molecule has 0 saturated heterocycles. The summed E-state index contributed by atoms with van der Waals surface area (Å²) in [6.45, 7) is 3.02. The molecule has 0 aliphatic carbocycles. The van der Waals surface area contributed by atoms with Crippen molar-refractivity contribution in [1.82, 2.24) is 9.55 Å². The van der Waals surface area contributed by atoms with E-state index in [0.717, 1.165) is 24.4 Å². The monoisotopic (exact) mass is 270 g/mol. The molecule has 0 N–H and O–H groups in total. The predicted octanol–water partition coefficient (Wildman–Crippen LogP) is 3.50. The Kier molecular flexibility index (Phi) is 3.78. The van der Waals surface area contributed by atoms with Gasteiger partial charge in [0.15, 0.2) is 0 Å². The van der Waals surface area contributed by atoms with E-state index in [0.29, 0.717) is 5.75 Å². The van der Waals surface area contributed by atoms with Crippen LogP contribution >= 0.6 is 0 Å². The second kappa shape index (κ2) is 5.34. The van der Waals surface area contributed by atoms with Crippen molar-refractivity contribution in [2.45, 2.75) is 26.3 Å². The van der Waals surface area contributed by atoms with Gasteiger partial charge in [0.1, 0.15) is 12.4 Å². The number of nitrogens with zero attached hydrogens (tertiary/aromatic N) is 2. The van der Waals surface area contributed by atoms with E-state index in [2.05, 4.69) is 4.98 Å². The number of aryl methyl sites for hydroxylation is 1. The molecule has 1 aromatic carbocycles. The van der Waals surface area contributed by atoms with E-state index >= 15 is 0 Å². The molecule has 0 atom stereocenters. The molecule has 0 amide bonds. The van der Waals surface area contributed by atoms with Crippen LogP contribution in [0.25, 0.3) is 0 Å². The van der Waals surface area contributed by atoms with E-state index in [1.807, 2.05) is 11.5 Å². The molecular formula is C13H13F3N2O.